The Hall–Kier alpha value is -1.68. The highest BCUT2D eigenvalue weighted by atomic mass is 32.1. The molecule has 0 aliphatic heterocycles. The van der Waals surface area contributed by atoms with Crippen molar-refractivity contribution in [1.29, 1.82) is 0 Å². The van der Waals surface area contributed by atoms with Crippen LogP contribution in [0.5, 0.6) is 0 Å². The van der Waals surface area contributed by atoms with E-state index in [0.717, 1.165) is 28.3 Å². The molecule has 4 heteroatoms. The predicted octanol–water partition coefficient (Wildman–Crippen LogP) is 4.05. The van der Waals surface area contributed by atoms with Gasteiger partial charge in [0, 0.05) is 11.9 Å². The van der Waals surface area contributed by atoms with Crippen molar-refractivity contribution in [3.8, 4) is 0 Å². The first-order valence-electron chi connectivity index (χ1n) is 6.79. The van der Waals surface area contributed by atoms with E-state index in [4.69, 9.17) is 12.2 Å². The number of hydrogen-bond donors (Lipinski definition) is 1. The molecule has 1 N–H and O–H groups in total. The number of rotatable bonds is 2. The molecule has 0 atom stereocenters. The van der Waals surface area contributed by atoms with Crippen LogP contribution in [0.2, 0.25) is 0 Å². The summed E-state index contributed by atoms with van der Waals surface area (Å²) in [6.45, 7) is 1.03. The Kier molecular flexibility index (Phi) is 2.45. The van der Waals surface area contributed by atoms with Gasteiger partial charge >= 0.3 is 0 Å². The van der Waals surface area contributed by atoms with Crippen LogP contribution in [0.25, 0.3) is 21.9 Å². The molecule has 1 aromatic carbocycles. The second kappa shape index (κ2) is 4.17. The molecule has 3 aromatic rings. The van der Waals surface area contributed by atoms with Crippen LogP contribution >= 0.6 is 12.2 Å². The molecular formula is C15H15N3S. The van der Waals surface area contributed by atoms with Crippen LogP contribution in [-0.2, 0) is 6.54 Å². The van der Waals surface area contributed by atoms with Gasteiger partial charge in [-0.1, -0.05) is 24.6 Å². The van der Waals surface area contributed by atoms with E-state index in [9.17, 15) is 0 Å². The zero-order valence-electron chi connectivity index (χ0n) is 10.6. The third-order valence-electron chi connectivity index (χ3n) is 4.17. The minimum absolute atomic E-state index is 0.789. The van der Waals surface area contributed by atoms with Crippen molar-refractivity contribution in [3.05, 3.63) is 35.2 Å². The number of fused-ring (bicyclic) bond motifs is 3. The van der Waals surface area contributed by atoms with Gasteiger partial charge in [-0.15, -0.1) is 0 Å². The summed E-state index contributed by atoms with van der Waals surface area (Å²) in [5, 5.41) is 1.19. The molecule has 0 amide bonds. The van der Waals surface area contributed by atoms with Crippen LogP contribution in [0.3, 0.4) is 0 Å². The third kappa shape index (κ3) is 1.70. The summed E-state index contributed by atoms with van der Waals surface area (Å²) in [7, 11) is 0. The molecule has 0 radical (unpaired) electrons. The van der Waals surface area contributed by atoms with E-state index in [1.807, 2.05) is 12.3 Å². The van der Waals surface area contributed by atoms with Crippen LogP contribution in [0, 0.1) is 10.7 Å². The summed E-state index contributed by atoms with van der Waals surface area (Å²) >= 11 is 5.49. The van der Waals surface area contributed by atoms with Crippen LogP contribution in [0.4, 0.5) is 0 Å². The van der Waals surface area contributed by atoms with Crippen LogP contribution in [0.15, 0.2) is 30.5 Å². The first-order valence-corrected chi connectivity index (χ1v) is 7.20. The minimum Gasteiger partial charge on any atom is -0.329 e. The lowest BCUT2D eigenvalue weighted by Crippen LogP contribution is -2.18. The van der Waals surface area contributed by atoms with Crippen LogP contribution < -0.4 is 0 Å². The molecule has 2 heterocycles. The number of imidazole rings is 1. The number of pyridine rings is 1. The SMILES string of the molecule is S=c1[nH]c2cnc3ccccc3c2n1CC1CCC1. The number of benzene rings is 1. The minimum atomic E-state index is 0.789. The quantitative estimate of drug-likeness (QED) is 0.712. The molecule has 2 aromatic heterocycles. The Morgan fingerprint density at radius 1 is 1.32 bits per heavy atom. The van der Waals surface area contributed by atoms with E-state index in [1.54, 1.807) is 0 Å². The third-order valence-corrected chi connectivity index (χ3v) is 4.49. The summed E-state index contributed by atoms with van der Waals surface area (Å²) in [4.78, 5) is 7.77. The maximum atomic E-state index is 5.49. The van der Waals surface area contributed by atoms with E-state index in [2.05, 4.69) is 32.7 Å². The second-order valence-corrected chi connectivity index (χ2v) is 5.76. The summed E-state index contributed by atoms with van der Waals surface area (Å²) in [5.41, 5.74) is 3.29. The normalized spacial score (nSPS) is 16.0. The smallest absolute Gasteiger partial charge is 0.178 e. The van der Waals surface area contributed by atoms with Crippen LogP contribution in [-0.4, -0.2) is 14.5 Å². The highest BCUT2D eigenvalue weighted by Gasteiger charge is 2.20. The predicted molar refractivity (Wildman–Crippen MR) is 79.8 cm³/mol. The molecule has 3 nitrogen and oxygen atoms in total. The van der Waals surface area contributed by atoms with E-state index in [0.29, 0.717) is 0 Å². The molecule has 1 fully saturated rings. The van der Waals surface area contributed by atoms with Crippen molar-refractivity contribution in [3.63, 3.8) is 0 Å². The monoisotopic (exact) mass is 269 g/mol. The van der Waals surface area contributed by atoms with E-state index in [-0.39, 0.29) is 0 Å². The standard InChI is InChI=1S/C15H15N3S/c19-15-17-13-8-16-12-7-2-1-6-11(12)14(13)18(15)9-10-4-3-5-10/h1-2,6-8,10H,3-5,9H2,(H,17,19). The highest BCUT2D eigenvalue weighted by molar-refractivity contribution is 7.71. The molecule has 4 rings (SSSR count). The largest absolute Gasteiger partial charge is 0.329 e. The van der Waals surface area contributed by atoms with Gasteiger partial charge in [0.05, 0.1) is 22.7 Å². The van der Waals surface area contributed by atoms with E-state index < -0.39 is 0 Å². The highest BCUT2D eigenvalue weighted by Crippen LogP contribution is 2.31. The first-order chi connectivity index (χ1) is 9.33. The van der Waals surface area contributed by atoms with Crippen molar-refractivity contribution in [2.45, 2.75) is 25.8 Å². The Bertz CT molecular complexity index is 811. The number of hydrogen-bond acceptors (Lipinski definition) is 2. The summed E-state index contributed by atoms with van der Waals surface area (Å²) in [5.74, 6) is 0.789. The van der Waals surface area contributed by atoms with E-state index in [1.165, 1.54) is 30.2 Å². The van der Waals surface area contributed by atoms with Crippen LogP contribution in [0.1, 0.15) is 19.3 Å². The van der Waals surface area contributed by atoms with Gasteiger partial charge in [-0.2, -0.15) is 0 Å². The van der Waals surface area contributed by atoms with Gasteiger partial charge in [-0.25, -0.2) is 0 Å². The topological polar surface area (TPSA) is 33.6 Å². The Morgan fingerprint density at radius 3 is 2.95 bits per heavy atom. The van der Waals surface area contributed by atoms with Gasteiger partial charge in [0.25, 0.3) is 0 Å². The van der Waals surface area contributed by atoms with Gasteiger partial charge in [-0.05, 0) is 37.0 Å². The molecule has 0 unspecified atom stereocenters. The summed E-state index contributed by atoms with van der Waals surface area (Å²) < 4.78 is 3.08. The molecule has 0 bridgehead atoms. The van der Waals surface area contributed by atoms with Gasteiger partial charge < -0.3 is 9.55 Å². The number of H-pyrrole nitrogens is 1. The molecule has 1 saturated carbocycles. The van der Waals surface area contributed by atoms with Gasteiger partial charge in [0.1, 0.15) is 0 Å². The lowest BCUT2D eigenvalue weighted by Gasteiger charge is -2.25. The fourth-order valence-corrected chi connectivity index (χ4v) is 3.18. The maximum absolute atomic E-state index is 5.49. The molecule has 1 aliphatic rings. The van der Waals surface area contributed by atoms with Crippen molar-refractivity contribution < 1.29 is 0 Å². The average Bonchev–Trinajstić information content (AvgIpc) is 2.70. The zero-order chi connectivity index (χ0) is 12.8. The number of nitrogens with one attached hydrogen (secondary N) is 1. The Morgan fingerprint density at radius 2 is 2.16 bits per heavy atom. The number of aromatic amines is 1. The van der Waals surface area contributed by atoms with E-state index >= 15 is 0 Å². The molecule has 0 spiro atoms. The number of para-hydroxylation sites is 1. The van der Waals surface area contributed by atoms with Gasteiger partial charge in [-0.3, -0.25) is 4.98 Å². The van der Waals surface area contributed by atoms with Crippen molar-refractivity contribution in [1.82, 2.24) is 14.5 Å². The second-order valence-electron chi connectivity index (χ2n) is 5.38. The van der Waals surface area contributed by atoms with Crippen molar-refractivity contribution >= 4 is 34.2 Å². The van der Waals surface area contributed by atoms with Crippen molar-refractivity contribution in [2.75, 3.05) is 0 Å². The zero-order valence-corrected chi connectivity index (χ0v) is 11.4. The molecule has 1 aliphatic carbocycles. The summed E-state index contributed by atoms with van der Waals surface area (Å²) in [6.07, 6.45) is 5.92. The van der Waals surface area contributed by atoms with Gasteiger partial charge in [0.2, 0.25) is 0 Å². The fraction of sp³-hybridized carbons (Fsp3) is 0.333. The number of nitrogens with zero attached hydrogens (tertiary/aromatic N) is 2. The Labute approximate surface area is 116 Å². The first kappa shape index (κ1) is 11.2. The lowest BCUT2D eigenvalue weighted by atomic mass is 9.85. The number of aromatic nitrogens is 3. The fourth-order valence-electron chi connectivity index (χ4n) is 2.90. The maximum Gasteiger partial charge on any atom is 0.178 e. The lowest BCUT2D eigenvalue weighted by molar-refractivity contribution is 0.278. The molecular weight excluding hydrogens is 254 g/mol. The van der Waals surface area contributed by atoms with Gasteiger partial charge in [0.15, 0.2) is 4.77 Å². The molecule has 0 saturated heterocycles. The molecule has 96 valence electrons. The van der Waals surface area contributed by atoms with Crippen molar-refractivity contribution in [2.24, 2.45) is 5.92 Å². The summed E-state index contributed by atoms with van der Waals surface area (Å²) in [6, 6.07) is 8.27. The molecule has 19 heavy (non-hydrogen) atoms. The Balaban J connectivity index is 2.01. The average molecular weight is 269 g/mol.